The summed E-state index contributed by atoms with van der Waals surface area (Å²) in [4.78, 5) is 7.03. The van der Waals surface area contributed by atoms with Gasteiger partial charge in [0.05, 0.1) is 29.1 Å². The van der Waals surface area contributed by atoms with Crippen LogP contribution in [0.15, 0.2) is 36.8 Å². The quantitative estimate of drug-likeness (QED) is 0.588. The van der Waals surface area contributed by atoms with Gasteiger partial charge in [0, 0.05) is 30.4 Å². The highest BCUT2D eigenvalue weighted by Crippen LogP contribution is 2.51. The highest BCUT2D eigenvalue weighted by molar-refractivity contribution is 5.85. The summed E-state index contributed by atoms with van der Waals surface area (Å²) in [5.41, 5.74) is 7.75. The topological polar surface area (TPSA) is 113 Å². The Morgan fingerprint density at radius 1 is 1.28 bits per heavy atom. The Balaban J connectivity index is 0.00000245. The first kappa shape index (κ1) is 22.3. The molecule has 1 aliphatic carbocycles. The van der Waals surface area contributed by atoms with E-state index in [1.54, 1.807) is 30.8 Å². The maximum atomic E-state index is 10.00. The minimum absolute atomic E-state index is 0. The highest BCUT2D eigenvalue weighted by Gasteiger charge is 2.54. The van der Waals surface area contributed by atoms with Gasteiger partial charge in [-0.1, -0.05) is 0 Å². The number of anilines is 1. The molecule has 168 valence electrons. The van der Waals surface area contributed by atoms with E-state index in [1.807, 2.05) is 24.4 Å². The van der Waals surface area contributed by atoms with Gasteiger partial charge < -0.3 is 20.5 Å². The summed E-state index contributed by atoms with van der Waals surface area (Å²) in [6.07, 6.45) is 5.10. The van der Waals surface area contributed by atoms with Crippen molar-refractivity contribution in [3.8, 4) is 22.9 Å². The van der Waals surface area contributed by atoms with Crippen molar-refractivity contribution in [1.82, 2.24) is 14.6 Å². The second-order valence-corrected chi connectivity index (χ2v) is 9.19. The van der Waals surface area contributed by atoms with Crippen molar-refractivity contribution < 1.29 is 9.84 Å². The lowest BCUT2D eigenvalue weighted by Crippen LogP contribution is -2.27. The van der Waals surface area contributed by atoms with Crippen LogP contribution in [0.2, 0.25) is 0 Å². The Hall–Kier alpha value is -2.86. The van der Waals surface area contributed by atoms with Gasteiger partial charge >= 0.3 is 0 Å². The molecule has 1 saturated heterocycles. The van der Waals surface area contributed by atoms with Crippen molar-refractivity contribution in [2.75, 3.05) is 31.1 Å². The van der Waals surface area contributed by atoms with Gasteiger partial charge in [0.2, 0.25) is 0 Å². The van der Waals surface area contributed by atoms with Crippen molar-refractivity contribution in [2.24, 2.45) is 23.5 Å². The van der Waals surface area contributed by atoms with Crippen LogP contribution in [0.3, 0.4) is 0 Å². The molecule has 2 atom stereocenters. The third kappa shape index (κ3) is 3.99. The molecule has 3 aromatic rings. The largest absolute Gasteiger partial charge is 0.489 e. The summed E-state index contributed by atoms with van der Waals surface area (Å²) in [6.45, 7) is 6.34. The molecule has 0 bridgehead atoms. The molecule has 4 heterocycles. The van der Waals surface area contributed by atoms with Crippen LogP contribution in [0.4, 0.5) is 5.82 Å². The lowest BCUT2D eigenvalue weighted by molar-refractivity contribution is 0.0283. The number of fused-ring (bicyclic) bond motifs is 2. The Morgan fingerprint density at radius 2 is 2.03 bits per heavy atom. The van der Waals surface area contributed by atoms with Crippen LogP contribution in [0.1, 0.15) is 19.4 Å². The van der Waals surface area contributed by atoms with E-state index in [1.165, 1.54) is 0 Å². The number of nitriles is 1. The summed E-state index contributed by atoms with van der Waals surface area (Å²) in [6, 6.07) is 8.13. The molecule has 3 N–H and O–H groups in total. The van der Waals surface area contributed by atoms with Crippen molar-refractivity contribution in [1.29, 1.82) is 5.26 Å². The molecule has 2 fully saturated rings. The first-order chi connectivity index (χ1) is 14.9. The summed E-state index contributed by atoms with van der Waals surface area (Å²) in [7, 11) is 0. The molecule has 3 aromatic heterocycles. The number of pyridine rings is 2. The lowest BCUT2D eigenvalue weighted by atomic mass is 10.1. The highest BCUT2D eigenvalue weighted by atomic mass is 35.5. The van der Waals surface area contributed by atoms with Crippen LogP contribution in [-0.4, -0.2) is 51.5 Å². The molecule has 2 unspecified atom stereocenters. The first-order valence-electron chi connectivity index (χ1n) is 10.6. The number of piperidine rings is 1. The maximum Gasteiger partial charge on any atom is 0.138 e. The number of hydrogen-bond donors (Lipinski definition) is 2. The number of aliphatic hydroxyl groups is 1. The molecule has 8 nitrogen and oxygen atoms in total. The van der Waals surface area contributed by atoms with Gasteiger partial charge in [0.25, 0.3) is 0 Å². The van der Waals surface area contributed by atoms with Gasteiger partial charge in [-0.15, -0.1) is 12.4 Å². The summed E-state index contributed by atoms with van der Waals surface area (Å²) in [5, 5.41) is 23.8. The second kappa shape index (κ2) is 8.24. The molecule has 1 saturated carbocycles. The smallest absolute Gasteiger partial charge is 0.138 e. The molecule has 9 heteroatoms. The SMILES string of the molecule is CC(C)(O)COc1cc(-c2ccc(N3CC4C(CN)C4C3)nc2)c2c(C#N)cnn2c1.Cl. The average molecular weight is 455 g/mol. The van der Waals surface area contributed by atoms with E-state index >= 15 is 0 Å². The Morgan fingerprint density at radius 3 is 2.62 bits per heavy atom. The number of halogens is 1. The lowest BCUT2D eigenvalue weighted by Gasteiger charge is -2.21. The molecular formula is C23H27ClN6O2. The Kier molecular flexibility index (Phi) is 5.76. The van der Waals surface area contributed by atoms with Crippen molar-refractivity contribution in [3.63, 3.8) is 0 Å². The fourth-order valence-electron chi connectivity index (χ4n) is 4.66. The molecule has 2 aliphatic rings. The zero-order valence-electron chi connectivity index (χ0n) is 18.1. The van der Waals surface area contributed by atoms with Gasteiger partial charge in [0.15, 0.2) is 0 Å². The third-order valence-corrected chi connectivity index (χ3v) is 6.33. The average Bonchev–Trinajstić information content (AvgIpc) is 3.07. The van der Waals surface area contributed by atoms with Crippen LogP contribution >= 0.6 is 12.4 Å². The summed E-state index contributed by atoms with van der Waals surface area (Å²) < 4.78 is 7.43. The van der Waals surface area contributed by atoms with Gasteiger partial charge in [-0.2, -0.15) is 10.4 Å². The molecular weight excluding hydrogens is 428 g/mol. The van der Waals surface area contributed by atoms with Crippen molar-refractivity contribution in [3.05, 3.63) is 42.4 Å². The Bertz CT molecular complexity index is 1150. The molecule has 32 heavy (non-hydrogen) atoms. The minimum atomic E-state index is -0.959. The van der Waals surface area contributed by atoms with Crippen LogP contribution < -0.4 is 15.4 Å². The van der Waals surface area contributed by atoms with E-state index in [2.05, 4.69) is 16.1 Å². The molecule has 0 radical (unpaired) electrons. The number of nitrogens with two attached hydrogens (primary N) is 1. The normalized spacial score (nSPS) is 21.7. The van der Waals surface area contributed by atoms with Crippen LogP contribution in [0, 0.1) is 29.1 Å². The molecule has 0 aromatic carbocycles. The summed E-state index contributed by atoms with van der Waals surface area (Å²) in [5.74, 6) is 3.63. The fraction of sp³-hybridized carbons (Fsp3) is 0.435. The van der Waals surface area contributed by atoms with Crippen molar-refractivity contribution in [2.45, 2.75) is 19.4 Å². The van der Waals surface area contributed by atoms with E-state index in [0.717, 1.165) is 36.6 Å². The zero-order chi connectivity index (χ0) is 21.8. The van der Waals surface area contributed by atoms with E-state index in [4.69, 9.17) is 15.5 Å². The maximum absolute atomic E-state index is 10.00. The zero-order valence-corrected chi connectivity index (χ0v) is 18.9. The predicted molar refractivity (Wildman–Crippen MR) is 124 cm³/mol. The minimum Gasteiger partial charge on any atom is -0.489 e. The van der Waals surface area contributed by atoms with Crippen LogP contribution in [-0.2, 0) is 0 Å². The first-order valence-corrected chi connectivity index (χ1v) is 10.6. The molecule has 1 aliphatic heterocycles. The second-order valence-electron chi connectivity index (χ2n) is 9.19. The number of hydrogen-bond acceptors (Lipinski definition) is 7. The number of ether oxygens (including phenoxy) is 1. The van der Waals surface area contributed by atoms with E-state index < -0.39 is 5.60 Å². The van der Waals surface area contributed by atoms with Crippen LogP contribution in [0.25, 0.3) is 16.6 Å². The monoisotopic (exact) mass is 454 g/mol. The van der Waals surface area contributed by atoms with E-state index in [0.29, 0.717) is 34.6 Å². The number of aromatic nitrogens is 3. The predicted octanol–water partition coefficient (Wildman–Crippen LogP) is 2.48. The van der Waals surface area contributed by atoms with Crippen molar-refractivity contribution >= 4 is 23.7 Å². The van der Waals surface area contributed by atoms with Gasteiger partial charge in [-0.3, -0.25) is 0 Å². The standard InChI is InChI=1S/C23H26N6O2.ClH/c1-23(2,30)13-31-16-5-17(22-15(6-24)9-27-29(22)10-16)14-3-4-21(26-8-14)28-11-19-18(7-25)20(19)12-28;/h3-5,8-10,18-20,30H,7,11-13,25H2,1-2H3;1H. The van der Waals surface area contributed by atoms with Gasteiger partial charge in [-0.05, 0) is 56.3 Å². The van der Waals surface area contributed by atoms with E-state index in [-0.39, 0.29) is 19.0 Å². The Labute approximate surface area is 193 Å². The fourth-order valence-corrected chi connectivity index (χ4v) is 4.66. The number of rotatable bonds is 6. The molecule has 5 rings (SSSR count). The molecule has 0 amide bonds. The van der Waals surface area contributed by atoms with E-state index in [9.17, 15) is 10.4 Å². The van der Waals surface area contributed by atoms with Crippen LogP contribution in [0.5, 0.6) is 5.75 Å². The third-order valence-electron chi connectivity index (χ3n) is 6.33. The van der Waals surface area contributed by atoms with Gasteiger partial charge in [0.1, 0.15) is 24.2 Å². The molecule has 0 spiro atoms. The van der Waals surface area contributed by atoms with Gasteiger partial charge in [-0.25, -0.2) is 9.50 Å². The number of nitrogens with zero attached hydrogens (tertiary/aromatic N) is 5. The summed E-state index contributed by atoms with van der Waals surface area (Å²) >= 11 is 0.